The minimum Gasteiger partial charge on any atom is -0.468 e. The van der Waals surface area contributed by atoms with E-state index in [2.05, 4.69) is 19.8 Å². The number of hydrogen-bond donors (Lipinski definition) is 1. The van der Waals surface area contributed by atoms with Crippen molar-refractivity contribution < 1.29 is 9.53 Å². The summed E-state index contributed by atoms with van der Waals surface area (Å²) in [4.78, 5) is 30.8. The van der Waals surface area contributed by atoms with Crippen molar-refractivity contribution in [3.8, 4) is 16.8 Å². The van der Waals surface area contributed by atoms with Crippen molar-refractivity contribution >= 4 is 17.0 Å². The predicted octanol–water partition coefficient (Wildman–Crippen LogP) is 1.75. The number of carbonyl (C=O) groups is 1. The van der Waals surface area contributed by atoms with Crippen LogP contribution >= 0.6 is 0 Å². The summed E-state index contributed by atoms with van der Waals surface area (Å²) < 4.78 is 7.98. The third-order valence-electron chi connectivity index (χ3n) is 4.09. The summed E-state index contributed by atoms with van der Waals surface area (Å²) >= 11 is 0. The zero-order chi connectivity index (χ0) is 18.1. The van der Waals surface area contributed by atoms with Crippen LogP contribution in [0.4, 0.5) is 0 Å². The van der Waals surface area contributed by atoms with E-state index >= 15 is 0 Å². The topological polar surface area (TPSA) is 94.8 Å². The van der Waals surface area contributed by atoms with Crippen LogP contribution in [0, 0.1) is 0 Å². The first-order chi connectivity index (χ1) is 12.7. The Morgan fingerprint density at radius 3 is 2.81 bits per heavy atom. The number of rotatable bonds is 4. The highest BCUT2D eigenvalue weighted by atomic mass is 16.5. The Hall–Kier alpha value is -3.68. The predicted molar refractivity (Wildman–Crippen MR) is 94.9 cm³/mol. The number of methoxy groups -OCH3 is 1. The molecule has 0 aliphatic carbocycles. The third kappa shape index (κ3) is 2.67. The van der Waals surface area contributed by atoms with Gasteiger partial charge in [0.1, 0.15) is 6.54 Å². The molecule has 8 heteroatoms. The zero-order valence-corrected chi connectivity index (χ0v) is 13.9. The lowest BCUT2D eigenvalue weighted by molar-refractivity contribution is -0.141. The molecule has 0 radical (unpaired) electrons. The van der Waals surface area contributed by atoms with Crippen LogP contribution in [0.3, 0.4) is 0 Å². The molecule has 0 amide bonds. The average Bonchev–Trinajstić information content (AvgIpc) is 3.27. The fourth-order valence-electron chi connectivity index (χ4n) is 2.86. The summed E-state index contributed by atoms with van der Waals surface area (Å²) in [7, 11) is 1.32. The van der Waals surface area contributed by atoms with Gasteiger partial charge in [-0.15, -0.1) is 0 Å². The number of carbonyl (C=O) groups excluding carboxylic acids is 1. The second-order valence-corrected chi connectivity index (χ2v) is 5.68. The van der Waals surface area contributed by atoms with Crippen molar-refractivity contribution in [2.24, 2.45) is 0 Å². The molecular weight excluding hydrogens is 334 g/mol. The molecule has 1 aromatic carbocycles. The number of H-pyrrole nitrogens is 1. The van der Waals surface area contributed by atoms with E-state index in [9.17, 15) is 9.59 Å². The molecule has 0 fully saturated rings. The van der Waals surface area contributed by atoms with Gasteiger partial charge in [-0.3, -0.25) is 14.3 Å². The molecule has 0 unspecified atom stereocenters. The number of para-hydroxylation sites is 1. The third-order valence-corrected chi connectivity index (χ3v) is 4.09. The van der Waals surface area contributed by atoms with E-state index in [4.69, 9.17) is 0 Å². The molecule has 0 atom stereocenters. The quantitative estimate of drug-likeness (QED) is 0.567. The van der Waals surface area contributed by atoms with Gasteiger partial charge < -0.3 is 14.3 Å². The number of fused-ring (bicyclic) bond motifs is 1. The van der Waals surface area contributed by atoms with Crippen LogP contribution in [0.15, 0.2) is 60.0 Å². The lowest BCUT2D eigenvalue weighted by Crippen LogP contribution is -2.11. The first kappa shape index (κ1) is 15.8. The number of aromatic amines is 1. The van der Waals surface area contributed by atoms with Gasteiger partial charge in [0.2, 0.25) is 0 Å². The molecule has 1 N–H and O–H groups in total. The summed E-state index contributed by atoms with van der Waals surface area (Å²) in [5.74, 6) is -0.397. The van der Waals surface area contributed by atoms with Crippen LogP contribution in [-0.2, 0) is 16.1 Å². The van der Waals surface area contributed by atoms with Crippen molar-refractivity contribution in [1.82, 2.24) is 24.3 Å². The van der Waals surface area contributed by atoms with E-state index in [1.165, 1.54) is 18.1 Å². The molecule has 130 valence electrons. The molecule has 0 bridgehead atoms. The highest BCUT2D eigenvalue weighted by Gasteiger charge is 2.17. The van der Waals surface area contributed by atoms with Gasteiger partial charge in [0.05, 0.1) is 25.0 Å². The van der Waals surface area contributed by atoms with Crippen molar-refractivity contribution in [3.05, 3.63) is 65.6 Å². The number of esters is 1. The maximum atomic E-state index is 12.4. The molecule has 0 saturated carbocycles. The summed E-state index contributed by atoms with van der Waals surface area (Å²) in [6.45, 7) is 0.00241. The van der Waals surface area contributed by atoms with Crippen LogP contribution in [0.25, 0.3) is 27.8 Å². The molecule has 4 aromatic rings. The van der Waals surface area contributed by atoms with Crippen molar-refractivity contribution in [2.75, 3.05) is 7.11 Å². The van der Waals surface area contributed by atoms with E-state index in [1.807, 2.05) is 41.1 Å². The Labute approximate surface area is 147 Å². The van der Waals surface area contributed by atoms with E-state index in [1.54, 1.807) is 12.4 Å². The van der Waals surface area contributed by atoms with Gasteiger partial charge in [-0.25, -0.2) is 4.98 Å². The van der Waals surface area contributed by atoms with Crippen molar-refractivity contribution in [1.29, 1.82) is 0 Å². The lowest BCUT2D eigenvalue weighted by Gasteiger charge is -2.02. The van der Waals surface area contributed by atoms with Gasteiger partial charge in [-0.05, 0) is 12.1 Å². The number of nitrogens with zero attached hydrogens (tertiary/aromatic N) is 4. The van der Waals surface area contributed by atoms with E-state index < -0.39 is 5.97 Å². The molecule has 0 aliphatic rings. The minimum absolute atomic E-state index is 0.00241. The van der Waals surface area contributed by atoms with Crippen molar-refractivity contribution in [2.45, 2.75) is 6.54 Å². The second kappa shape index (κ2) is 6.32. The fraction of sp³-hybridized carbons (Fsp3) is 0.111. The smallest absolute Gasteiger partial charge is 0.327 e. The molecule has 3 aromatic heterocycles. The van der Waals surface area contributed by atoms with Crippen LogP contribution in [0.5, 0.6) is 0 Å². The van der Waals surface area contributed by atoms with Gasteiger partial charge in [0.15, 0.2) is 5.65 Å². The lowest BCUT2D eigenvalue weighted by atomic mass is 10.1. The molecule has 0 aliphatic heterocycles. The summed E-state index contributed by atoms with van der Waals surface area (Å²) in [6.07, 6.45) is 6.54. The molecule has 0 spiro atoms. The maximum absolute atomic E-state index is 12.4. The number of benzene rings is 1. The monoisotopic (exact) mass is 349 g/mol. The zero-order valence-electron chi connectivity index (χ0n) is 13.9. The summed E-state index contributed by atoms with van der Waals surface area (Å²) in [6, 6.07) is 9.64. The van der Waals surface area contributed by atoms with Crippen LogP contribution < -0.4 is 5.56 Å². The van der Waals surface area contributed by atoms with Crippen molar-refractivity contribution in [3.63, 3.8) is 0 Å². The Bertz CT molecular complexity index is 1140. The fourth-order valence-corrected chi connectivity index (χ4v) is 2.86. The largest absolute Gasteiger partial charge is 0.468 e. The Kier molecular flexibility index (Phi) is 3.85. The molecule has 4 rings (SSSR count). The molecule has 0 saturated heterocycles. The SMILES string of the molecule is COC(=O)Cn1cc(-c2cn(-c3ccccc3)c3nc[nH]c(=O)c23)cn1. The van der Waals surface area contributed by atoms with E-state index in [0.717, 1.165) is 5.69 Å². The van der Waals surface area contributed by atoms with Gasteiger partial charge in [0.25, 0.3) is 5.56 Å². The molecular formula is C18H15N5O3. The minimum atomic E-state index is -0.397. The Morgan fingerprint density at radius 2 is 2.04 bits per heavy atom. The first-order valence-electron chi connectivity index (χ1n) is 7.91. The van der Waals surface area contributed by atoms with Gasteiger partial charge in [-0.1, -0.05) is 18.2 Å². The van der Waals surface area contributed by atoms with E-state index in [-0.39, 0.29) is 12.1 Å². The van der Waals surface area contributed by atoms with Gasteiger partial charge >= 0.3 is 5.97 Å². The summed E-state index contributed by atoms with van der Waals surface area (Å²) in [5, 5.41) is 4.64. The first-order valence-corrected chi connectivity index (χ1v) is 7.91. The molecule has 26 heavy (non-hydrogen) atoms. The molecule has 3 heterocycles. The Morgan fingerprint density at radius 1 is 1.23 bits per heavy atom. The average molecular weight is 349 g/mol. The number of ether oxygens (including phenoxy) is 1. The maximum Gasteiger partial charge on any atom is 0.327 e. The molecule has 8 nitrogen and oxygen atoms in total. The highest BCUT2D eigenvalue weighted by Crippen LogP contribution is 2.29. The van der Waals surface area contributed by atoms with Crippen LogP contribution in [0.1, 0.15) is 0 Å². The van der Waals surface area contributed by atoms with Gasteiger partial charge in [0, 0.05) is 29.2 Å². The van der Waals surface area contributed by atoms with Crippen LogP contribution in [0.2, 0.25) is 0 Å². The van der Waals surface area contributed by atoms with Crippen LogP contribution in [-0.4, -0.2) is 37.4 Å². The van der Waals surface area contributed by atoms with E-state index in [0.29, 0.717) is 22.2 Å². The highest BCUT2D eigenvalue weighted by molar-refractivity contribution is 5.94. The Balaban J connectivity index is 1.88. The second-order valence-electron chi connectivity index (χ2n) is 5.68. The number of nitrogens with one attached hydrogen (secondary N) is 1. The number of aromatic nitrogens is 5. The normalized spacial score (nSPS) is 11.0. The standard InChI is InChI=1S/C18H15N5O3/c1-26-15(24)10-22-8-12(7-21-22)14-9-23(13-5-3-2-4-6-13)17-16(14)18(25)20-11-19-17/h2-9,11H,10H2,1H3,(H,19,20,25). The number of hydrogen-bond acceptors (Lipinski definition) is 5. The summed E-state index contributed by atoms with van der Waals surface area (Å²) in [5.41, 5.74) is 2.61. The van der Waals surface area contributed by atoms with Gasteiger partial charge in [-0.2, -0.15) is 5.10 Å².